The lowest BCUT2D eigenvalue weighted by Gasteiger charge is -2.16. The number of hydrazine groups is 1. The number of aryl methyl sites for hydroxylation is 1. The molecule has 0 bridgehead atoms. The van der Waals surface area contributed by atoms with E-state index in [0.29, 0.717) is 12.1 Å². The Morgan fingerprint density at radius 2 is 2.29 bits per heavy atom. The minimum absolute atomic E-state index is 0.291. The third-order valence-electron chi connectivity index (χ3n) is 2.53. The van der Waals surface area contributed by atoms with E-state index in [-0.39, 0.29) is 5.56 Å². The number of amides is 1. The molecule has 0 fully saturated rings. The van der Waals surface area contributed by atoms with Crippen molar-refractivity contribution in [1.29, 1.82) is 0 Å². The normalized spacial score (nSPS) is 12.2. The van der Waals surface area contributed by atoms with Crippen LogP contribution in [0.1, 0.15) is 37.9 Å². The fourth-order valence-corrected chi connectivity index (χ4v) is 1.60. The molecule has 0 aliphatic heterocycles. The predicted molar refractivity (Wildman–Crippen MR) is 64.1 cm³/mol. The molecular formula is C11H18N4O2. The van der Waals surface area contributed by atoms with Crippen molar-refractivity contribution in [2.45, 2.75) is 39.2 Å². The zero-order chi connectivity index (χ0) is 12.8. The molecule has 0 aliphatic rings. The lowest BCUT2D eigenvalue weighted by atomic mass is 10.1. The molecule has 0 saturated heterocycles. The summed E-state index contributed by atoms with van der Waals surface area (Å²) in [5, 5.41) is 4.08. The van der Waals surface area contributed by atoms with Crippen LogP contribution in [-0.4, -0.2) is 15.7 Å². The van der Waals surface area contributed by atoms with Crippen molar-refractivity contribution in [3.8, 4) is 0 Å². The van der Waals surface area contributed by atoms with Gasteiger partial charge in [-0.05, 0) is 19.4 Å². The van der Waals surface area contributed by atoms with Crippen molar-refractivity contribution in [3.05, 3.63) is 28.2 Å². The second-order valence-electron chi connectivity index (χ2n) is 3.92. The van der Waals surface area contributed by atoms with Crippen LogP contribution in [0.2, 0.25) is 0 Å². The van der Waals surface area contributed by atoms with Gasteiger partial charge in [-0.1, -0.05) is 19.8 Å². The van der Waals surface area contributed by atoms with Gasteiger partial charge in [-0.25, -0.2) is 10.5 Å². The minimum Gasteiger partial charge on any atom is -0.292 e. The Morgan fingerprint density at radius 3 is 2.88 bits per heavy atom. The number of aromatic nitrogens is 2. The highest BCUT2D eigenvalue weighted by Crippen LogP contribution is 2.12. The largest absolute Gasteiger partial charge is 0.292 e. The summed E-state index contributed by atoms with van der Waals surface area (Å²) in [7, 11) is 0. The summed E-state index contributed by atoms with van der Waals surface area (Å²) in [5.41, 5.74) is 2.48. The first-order valence-electron chi connectivity index (χ1n) is 5.67. The van der Waals surface area contributed by atoms with E-state index in [2.05, 4.69) is 10.5 Å². The molecule has 94 valence electrons. The second kappa shape index (κ2) is 6.15. The number of hydrogen-bond acceptors (Lipinski definition) is 4. The summed E-state index contributed by atoms with van der Waals surface area (Å²) in [6.45, 7) is 3.79. The van der Waals surface area contributed by atoms with Crippen LogP contribution in [0.5, 0.6) is 0 Å². The summed E-state index contributed by atoms with van der Waals surface area (Å²) in [6, 6.07) is 2.40. The molecule has 0 radical (unpaired) electrons. The number of unbranched alkanes of at least 4 members (excludes halogenated alkanes) is 1. The number of nitrogens with zero attached hydrogens (tertiary/aromatic N) is 2. The topological polar surface area (TPSA) is 90.0 Å². The fraction of sp³-hybridized carbons (Fsp3) is 0.545. The minimum atomic E-state index is -0.632. The number of hydrogen-bond donors (Lipinski definition) is 2. The van der Waals surface area contributed by atoms with Crippen molar-refractivity contribution < 1.29 is 4.79 Å². The van der Waals surface area contributed by atoms with Crippen molar-refractivity contribution >= 4 is 5.91 Å². The molecule has 1 atom stereocenters. The number of carbonyl (C=O) groups is 1. The molecular weight excluding hydrogens is 220 g/mol. The van der Waals surface area contributed by atoms with Gasteiger partial charge in [0, 0.05) is 6.07 Å². The molecule has 0 unspecified atom stereocenters. The molecule has 0 aromatic carbocycles. The maximum Gasteiger partial charge on any atom is 0.267 e. The van der Waals surface area contributed by atoms with Gasteiger partial charge in [-0.15, -0.1) is 0 Å². The monoisotopic (exact) mass is 238 g/mol. The van der Waals surface area contributed by atoms with Gasteiger partial charge in [0.05, 0.1) is 5.69 Å². The fourth-order valence-electron chi connectivity index (χ4n) is 1.60. The van der Waals surface area contributed by atoms with Crippen molar-refractivity contribution in [3.63, 3.8) is 0 Å². The first kappa shape index (κ1) is 13.4. The van der Waals surface area contributed by atoms with E-state index in [0.717, 1.165) is 12.8 Å². The Morgan fingerprint density at radius 1 is 1.59 bits per heavy atom. The molecule has 1 aromatic heterocycles. The van der Waals surface area contributed by atoms with E-state index < -0.39 is 11.9 Å². The summed E-state index contributed by atoms with van der Waals surface area (Å²) in [4.78, 5) is 23.3. The van der Waals surface area contributed by atoms with Crippen LogP contribution in [0.15, 0.2) is 16.9 Å². The van der Waals surface area contributed by atoms with Gasteiger partial charge < -0.3 is 0 Å². The zero-order valence-electron chi connectivity index (χ0n) is 10.1. The van der Waals surface area contributed by atoms with Crippen LogP contribution >= 0.6 is 0 Å². The van der Waals surface area contributed by atoms with Gasteiger partial charge in [0.15, 0.2) is 0 Å². The second-order valence-corrected chi connectivity index (χ2v) is 3.92. The van der Waals surface area contributed by atoms with Crippen molar-refractivity contribution in [2.75, 3.05) is 0 Å². The van der Waals surface area contributed by atoms with Crippen LogP contribution in [0, 0.1) is 6.92 Å². The molecule has 17 heavy (non-hydrogen) atoms. The molecule has 0 saturated carbocycles. The van der Waals surface area contributed by atoms with Gasteiger partial charge >= 0.3 is 0 Å². The number of carbonyl (C=O) groups excluding carboxylic acids is 1. The summed E-state index contributed by atoms with van der Waals surface area (Å²) >= 11 is 0. The summed E-state index contributed by atoms with van der Waals surface area (Å²) in [5.74, 6) is 4.74. The Hall–Kier alpha value is -1.69. The lowest BCUT2D eigenvalue weighted by molar-refractivity contribution is -0.125. The van der Waals surface area contributed by atoms with Crippen LogP contribution in [0.25, 0.3) is 0 Å². The van der Waals surface area contributed by atoms with Crippen molar-refractivity contribution in [2.24, 2.45) is 5.84 Å². The van der Waals surface area contributed by atoms with Crippen LogP contribution in [0.4, 0.5) is 0 Å². The first-order valence-corrected chi connectivity index (χ1v) is 5.67. The number of rotatable bonds is 5. The average Bonchev–Trinajstić information content (AvgIpc) is 2.33. The average molecular weight is 238 g/mol. The maximum absolute atomic E-state index is 11.7. The maximum atomic E-state index is 11.7. The van der Waals surface area contributed by atoms with Crippen molar-refractivity contribution in [1.82, 2.24) is 15.2 Å². The first-order chi connectivity index (χ1) is 8.10. The highest BCUT2D eigenvalue weighted by atomic mass is 16.2. The molecule has 1 heterocycles. The van der Waals surface area contributed by atoms with Gasteiger partial charge in [-0.3, -0.25) is 15.0 Å². The third kappa shape index (κ3) is 3.39. The molecule has 0 aliphatic carbocycles. The molecule has 6 heteroatoms. The van der Waals surface area contributed by atoms with Gasteiger partial charge in [-0.2, -0.15) is 5.10 Å². The van der Waals surface area contributed by atoms with E-state index in [1.165, 1.54) is 10.7 Å². The Balaban J connectivity index is 3.07. The highest BCUT2D eigenvalue weighted by molar-refractivity contribution is 5.79. The van der Waals surface area contributed by atoms with E-state index >= 15 is 0 Å². The molecule has 1 rings (SSSR count). The van der Waals surface area contributed by atoms with Gasteiger partial charge in [0.2, 0.25) is 0 Å². The quantitative estimate of drug-likeness (QED) is 0.438. The van der Waals surface area contributed by atoms with E-state index in [1.54, 1.807) is 13.0 Å². The summed E-state index contributed by atoms with van der Waals surface area (Å²) in [6.07, 6.45) is 2.32. The Kier molecular flexibility index (Phi) is 4.84. The molecule has 1 amide bonds. The van der Waals surface area contributed by atoms with E-state index in [4.69, 9.17) is 5.84 Å². The highest BCUT2D eigenvalue weighted by Gasteiger charge is 2.21. The summed E-state index contributed by atoms with van der Waals surface area (Å²) < 4.78 is 1.20. The standard InChI is InChI=1S/C11H18N4O2/c1-3-4-5-9(11(17)13-12)15-10(16)7-6-8(2)14-15/h6-7,9H,3-5,12H2,1-2H3,(H,13,17)/t9-/m1/s1. The van der Waals surface area contributed by atoms with Crippen LogP contribution in [0.3, 0.4) is 0 Å². The Bertz CT molecular complexity index is 441. The third-order valence-corrected chi connectivity index (χ3v) is 2.53. The van der Waals surface area contributed by atoms with Crippen LogP contribution < -0.4 is 16.8 Å². The predicted octanol–water partition coefficient (Wildman–Crippen LogP) is 0.273. The number of nitrogens with two attached hydrogens (primary N) is 1. The molecule has 1 aromatic rings. The van der Waals surface area contributed by atoms with Gasteiger partial charge in [0.25, 0.3) is 11.5 Å². The smallest absolute Gasteiger partial charge is 0.267 e. The SMILES string of the molecule is CCCC[C@H](C(=O)NN)n1nc(C)ccc1=O. The molecule has 3 N–H and O–H groups in total. The van der Waals surface area contributed by atoms with Crippen LogP contribution in [-0.2, 0) is 4.79 Å². The number of nitrogens with one attached hydrogen (secondary N) is 1. The Labute approximate surface area is 99.8 Å². The van der Waals surface area contributed by atoms with E-state index in [9.17, 15) is 9.59 Å². The van der Waals surface area contributed by atoms with Gasteiger partial charge in [0.1, 0.15) is 6.04 Å². The van der Waals surface area contributed by atoms with E-state index in [1.807, 2.05) is 6.92 Å². The molecule has 0 spiro atoms. The lowest BCUT2D eigenvalue weighted by Crippen LogP contribution is -2.41. The molecule has 6 nitrogen and oxygen atoms in total. The zero-order valence-corrected chi connectivity index (χ0v) is 10.1.